The third-order valence-corrected chi connectivity index (χ3v) is 7.04. The van der Waals surface area contributed by atoms with Crippen molar-refractivity contribution in [1.82, 2.24) is 19.9 Å². The van der Waals surface area contributed by atoms with Gasteiger partial charge in [-0.2, -0.15) is 0 Å². The van der Waals surface area contributed by atoms with Gasteiger partial charge in [-0.15, -0.1) is 0 Å². The fourth-order valence-electron chi connectivity index (χ4n) is 3.36. The Hall–Kier alpha value is -2.39. The van der Waals surface area contributed by atoms with E-state index in [0.717, 1.165) is 30.7 Å². The van der Waals surface area contributed by atoms with Crippen LogP contribution in [0.3, 0.4) is 0 Å². The Balaban J connectivity index is 1.58. The highest BCUT2D eigenvalue weighted by Gasteiger charge is 2.27. The van der Waals surface area contributed by atoms with Crippen LogP contribution in [0.25, 0.3) is 11.3 Å². The summed E-state index contributed by atoms with van der Waals surface area (Å²) in [4.78, 5) is 8.93. The lowest BCUT2D eigenvalue weighted by Crippen LogP contribution is -2.50. The summed E-state index contributed by atoms with van der Waals surface area (Å²) in [5.74, 6) is 2.11. The number of nitrogens with one attached hydrogen (secondary N) is 2. The third-order valence-electron chi connectivity index (χ3n) is 5.16. The molecule has 30 heavy (non-hydrogen) atoms. The Labute approximate surface area is 178 Å². The minimum Gasteiger partial charge on any atom is -0.439 e. The minimum absolute atomic E-state index is 0.149. The summed E-state index contributed by atoms with van der Waals surface area (Å²) in [5.41, 5.74) is 2.18. The Bertz CT molecular complexity index is 945. The van der Waals surface area contributed by atoms with Crippen molar-refractivity contribution in [2.75, 3.05) is 25.4 Å². The summed E-state index contributed by atoms with van der Waals surface area (Å²) in [7, 11) is -3.11. The van der Waals surface area contributed by atoms with Gasteiger partial charge in [0, 0.05) is 31.2 Å². The van der Waals surface area contributed by atoms with E-state index in [1.165, 1.54) is 5.56 Å². The quantitative estimate of drug-likeness (QED) is 0.514. The van der Waals surface area contributed by atoms with Gasteiger partial charge in [0.2, 0.25) is 15.9 Å². The zero-order valence-corrected chi connectivity index (χ0v) is 18.7. The van der Waals surface area contributed by atoms with Crippen LogP contribution in [0.1, 0.15) is 38.1 Å². The van der Waals surface area contributed by atoms with Gasteiger partial charge in [-0.25, -0.2) is 22.7 Å². The smallest absolute Gasteiger partial charge is 0.216 e. The maximum absolute atomic E-state index is 12.0. The van der Waals surface area contributed by atoms with Crippen LogP contribution in [0, 0.1) is 6.92 Å². The van der Waals surface area contributed by atoms with Crippen LogP contribution in [0.15, 0.2) is 39.9 Å². The van der Waals surface area contributed by atoms with Crippen molar-refractivity contribution < 1.29 is 12.8 Å². The van der Waals surface area contributed by atoms with Crippen LogP contribution in [0.2, 0.25) is 0 Å². The molecule has 9 heteroatoms. The predicted octanol–water partition coefficient (Wildman–Crippen LogP) is 2.52. The molecule has 0 bridgehead atoms. The fraction of sp³-hybridized carbons (Fsp3) is 0.524. The number of hydrogen-bond acceptors (Lipinski definition) is 5. The number of nitrogens with zero attached hydrogens (tertiary/aromatic N) is 3. The van der Waals surface area contributed by atoms with Crippen molar-refractivity contribution in [2.45, 2.75) is 46.2 Å². The van der Waals surface area contributed by atoms with Crippen molar-refractivity contribution >= 4 is 16.0 Å². The lowest BCUT2D eigenvalue weighted by atomic mass is 10.1. The number of rotatable bonds is 7. The van der Waals surface area contributed by atoms with Gasteiger partial charge < -0.3 is 15.1 Å². The summed E-state index contributed by atoms with van der Waals surface area (Å²) in [6.45, 7) is 7.86. The molecule has 164 valence electrons. The highest BCUT2D eigenvalue weighted by molar-refractivity contribution is 7.89. The highest BCUT2D eigenvalue weighted by Crippen LogP contribution is 2.21. The van der Waals surface area contributed by atoms with E-state index in [2.05, 4.69) is 20.6 Å². The monoisotopic (exact) mass is 433 g/mol. The molecule has 1 fully saturated rings. The lowest BCUT2D eigenvalue weighted by molar-refractivity contribution is 0.306. The number of piperidine rings is 1. The van der Waals surface area contributed by atoms with Crippen molar-refractivity contribution in [3.8, 4) is 11.3 Å². The zero-order chi connectivity index (χ0) is 21.6. The standard InChI is InChI=1S/C21H31N5O3S/c1-4-22-21(25-18-10-12-26(13-11-18)30(27,28)5-2)24-15-20-23-14-19(29-20)17-8-6-16(3)7-9-17/h6-9,14,18H,4-5,10-13,15H2,1-3H3,(H2,22,24,25). The topological polar surface area (TPSA) is 99.8 Å². The average Bonchev–Trinajstić information content (AvgIpc) is 3.22. The molecule has 0 unspecified atom stereocenters. The molecular weight excluding hydrogens is 402 g/mol. The zero-order valence-electron chi connectivity index (χ0n) is 17.9. The molecule has 8 nitrogen and oxygen atoms in total. The van der Waals surface area contributed by atoms with Gasteiger partial charge in [0.25, 0.3) is 0 Å². The van der Waals surface area contributed by atoms with Crippen LogP contribution in [0.4, 0.5) is 0 Å². The van der Waals surface area contributed by atoms with E-state index in [0.29, 0.717) is 31.5 Å². The molecule has 1 aliphatic heterocycles. The first kappa shape index (κ1) is 22.3. The number of aliphatic imine (C=N–C) groups is 1. The summed E-state index contributed by atoms with van der Waals surface area (Å²) < 4.78 is 31.5. The van der Waals surface area contributed by atoms with Crippen LogP contribution in [-0.4, -0.2) is 55.1 Å². The van der Waals surface area contributed by atoms with E-state index in [1.807, 2.05) is 38.1 Å². The Morgan fingerprint density at radius 1 is 1.23 bits per heavy atom. The number of hydrogen-bond donors (Lipinski definition) is 2. The molecule has 0 amide bonds. The van der Waals surface area contributed by atoms with Crippen LogP contribution < -0.4 is 10.6 Å². The lowest BCUT2D eigenvalue weighted by Gasteiger charge is -2.32. The van der Waals surface area contributed by atoms with Crippen LogP contribution >= 0.6 is 0 Å². The maximum Gasteiger partial charge on any atom is 0.216 e. The van der Waals surface area contributed by atoms with Gasteiger partial charge in [-0.05, 0) is 33.6 Å². The normalized spacial score (nSPS) is 16.6. The molecule has 1 aromatic heterocycles. The molecule has 2 heterocycles. The van der Waals surface area contributed by atoms with E-state index < -0.39 is 10.0 Å². The van der Waals surface area contributed by atoms with Crippen LogP contribution in [0.5, 0.6) is 0 Å². The fourth-order valence-corrected chi connectivity index (χ4v) is 4.49. The molecule has 2 aromatic rings. The molecular formula is C21H31N5O3S. The summed E-state index contributed by atoms with van der Waals surface area (Å²) in [5, 5.41) is 6.64. The molecule has 1 saturated heterocycles. The Morgan fingerprint density at radius 3 is 2.57 bits per heavy atom. The molecule has 2 N–H and O–H groups in total. The molecule has 0 aliphatic carbocycles. The number of benzene rings is 1. The van der Waals surface area contributed by atoms with Gasteiger partial charge in [0.1, 0.15) is 6.54 Å². The van der Waals surface area contributed by atoms with E-state index in [1.54, 1.807) is 17.4 Å². The van der Waals surface area contributed by atoms with E-state index >= 15 is 0 Å². The Kier molecular flexibility index (Phi) is 7.49. The van der Waals surface area contributed by atoms with Crippen molar-refractivity contribution in [3.05, 3.63) is 41.9 Å². The first-order valence-electron chi connectivity index (χ1n) is 10.5. The first-order chi connectivity index (χ1) is 14.4. The number of aromatic nitrogens is 1. The highest BCUT2D eigenvalue weighted by atomic mass is 32.2. The molecule has 0 atom stereocenters. The van der Waals surface area contributed by atoms with Gasteiger partial charge in [-0.1, -0.05) is 29.8 Å². The van der Waals surface area contributed by atoms with Crippen molar-refractivity contribution in [3.63, 3.8) is 0 Å². The van der Waals surface area contributed by atoms with Crippen LogP contribution in [-0.2, 0) is 16.6 Å². The van der Waals surface area contributed by atoms with Gasteiger partial charge in [0.05, 0.1) is 11.9 Å². The van der Waals surface area contributed by atoms with E-state index in [9.17, 15) is 8.42 Å². The predicted molar refractivity (Wildman–Crippen MR) is 119 cm³/mol. The van der Waals surface area contributed by atoms with Crippen molar-refractivity contribution in [1.29, 1.82) is 0 Å². The molecule has 0 radical (unpaired) electrons. The summed E-state index contributed by atoms with van der Waals surface area (Å²) in [6.07, 6.45) is 3.22. The SMILES string of the molecule is CCNC(=NCc1ncc(-c2ccc(C)cc2)o1)NC1CCN(S(=O)(=O)CC)CC1. The molecule has 3 rings (SSSR count). The van der Waals surface area contributed by atoms with E-state index in [4.69, 9.17) is 4.42 Å². The third kappa shape index (κ3) is 5.82. The molecule has 1 aromatic carbocycles. The summed E-state index contributed by atoms with van der Waals surface area (Å²) in [6, 6.07) is 8.29. The average molecular weight is 434 g/mol. The number of sulfonamides is 1. The second-order valence-electron chi connectivity index (χ2n) is 7.40. The number of guanidine groups is 1. The molecule has 1 aliphatic rings. The number of aryl methyl sites for hydroxylation is 1. The van der Waals surface area contributed by atoms with Gasteiger partial charge >= 0.3 is 0 Å². The largest absolute Gasteiger partial charge is 0.439 e. The second kappa shape index (κ2) is 10.1. The summed E-state index contributed by atoms with van der Waals surface area (Å²) >= 11 is 0. The Morgan fingerprint density at radius 2 is 1.93 bits per heavy atom. The second-order valence-corrected chi connectivity index (χ2v) is 9.66. The maximum atomic E-state index is 12.0. The minimum atomic E-state index is -3.11. The van der Waals surface area contributed by atoms with E-state index in [-0.39, 0.29) is 11.8 Å². The molecule has 0 saturated carbocycles. The molecule has 0 spiro atoms. The van der Waals surface area contributed by atoms with Gasteiger partial charge in [-0.3, -0.25) is 0 Å². The number of oxazole rings is 1. The first-order valence-corrected chi connectivity index (χ1v) is 12.1. The van der Waals surface area contributed by atoms with Crippen molar-refractivity contribution in [2.24, 2.45) is 4.99 Å². The van der Waals surface area contributed by atoms with Gasteiger partial charge in [0.15, 0.2) is 11.7 Å².